The Bertz CT molecular complexity index is 946. The van der Waals surface area contributed by atoms with Crippen LogP contribution in [0.15, 0.2) is 59.7 Å². The summed E-state index contributed by atoms with van der Waals surface area (Å²) in [6, 6.07) is 15.6. The number of hydrogen-bond acceptors (Lipinski definition) is 4. The van der Waals surface area contributed by atoms with Crippen molar-refractivity contribution in [2.75, 3.05) is 26.8 Å². The average Bonchev–Trinajstić information content (AvgIpc) is 3.22. The predicted molar refractivity (Wildman–Crippen MR) is 117 cm³/mol. The van der Waals surface area contributed by atoms with Crippen molar-refractivity contribution in [3.8, 4) is 0 Å². The van der Waals surface area contributed by atoms with Crippen LogP contribution in [0.25, 0.3) is 0 Å². The summed E-state index contributed by atoms with van der Waals surface area (Å²) in [5.41, 5.74) is 1.80. The molecule has 2 aromatic rings. The highest BCUT2D eigenvalue weighted by molar-refractivity contribution is 6.03. The first-order valence-corrected chi connectivity index (χ1v) is 10.4. The van der Waals surface area contributed by atoms with Crippen molar-refractivity contribution in [2.45, 2.75) is 26.3 Å². The fourth-order valence-electron chi connectivity index (χ4n) is 3.60. The Morgan fingerprint density at radius 2 is 1.84 bits per heavy atom. The molecule has 0 fully saturated rings. The summed E-state index contributed by atoms with van der Waals surface area (Å²) >= 11 is 0. The van der Waals surface area contributed by atoms with Gasteiger partial charge < -0.3 is 9.64 Å². The van der Waals surface area contributed by atoms with Gasteiger partial charge in [-0.15, -0.1) is 0 Å². The summed E-state index contributed by atoms with van der Waals surface area (Å²) in [7, 11) is 1.55. The number of carbonyl (C=O) groups excluding carboxylic acids is 2. The van der Waals surface area contributed by atoms with E-state index in [0.29, 0.717) is 30.8 Å². The van der Waals surface area contributed by atoms with Crippen molar-refractivity contribution >= 4 is 17.5 Å². The lowest BCUT2D eigenvalue weighted by atomic mass is 9.98. The molecule has 0 aliphatic carbocycles. The molecule has 1 aliphatic rings. The Hall–Kier alpha value is -3.06. The molecule has 7 heteroatoms. The minimum atomic E-state index is -0.376. The Morgan fingerprint density at radius 1 is 1.16 bits per heavy atom. The van der Waals surface area contributed by atoms with Gasteiger partial charge in [0.05, 0.1) is 18.4 Å². The molecule has 1 aliphatic heterocycles. The van der Waals surface area contributed by atoms with Gasteiger partial charge in [-0.25, -0.2) is 9.40 Å². The quantitative estimate of drug-likeness (QED) is 0.649. The molecule has 2 amide bonds. The molecule has 164 valence electrons. The molecular formula is C24H28FN3O3. The van der Waals surface area contributed by atoms with Crippen LogP contribution >= 0.6 is 0 Å². The van der Waals surface area contributed by atoms with Gasteiger partial charge in [0.1, 0.15) is 12.4 Å². The molecule has 31 heavy (non-hydrogen) atoms. The van der Waals surface area contributed by atoms with Crippen molar-refractivity contribution in [1.29, 1.82) is 0 Å². The highest BCUT2D eigenvalue weighted by Crippen LogP contribution is 2.33. The molecular weight excluding hydrogens is 397 g/mol. The van der Waals surface area contributed by atoms with Crippen LogP contribution in [0.1, 0.15) is 37.4 Å². The molecule has 0 saturated heterocycles. The summed E-state index contributed by atoms with van der Waals surface area (Å²) in [5.74, 6) is -1.06. The number of halogens is 1. The van der Waals surface area contributed by atoms with E-state index in [1.807, 2.05) is 30.3 Å². The van der Waals surface area contributed by atoms with Crippen molar-refractivity contribution in [2.24, 2.45) is 11.0 Å². The Balaban J connectivity index is 1.90. The maximum absolute atomic E-state index is 14.4. The molecule has 0 spiro atoms. The lowest BCUT2D eigenvalue weighted by Crippen LogP contribution is -2.44. The second-order valence-electron chi connectivity index (χ2n) is 7.80. The molecule has 0 unspecified atom stereocenters. The minimum Gasteiger partial charge on any atom is -0.383 e. The SMILES string of the molecule is COCCN(CC(=O)N1N=C(c2ccccc2F)C[C@@H]1c1ccccc1)C(=O)C(C)C. The summed E-state index contributed by atoms with van der Waals surface area (Å²) < 4.78 is 19.5. The lowest BCUT2D eigenvalue weighted by molar-refractivity contribution is -0.143. The van der Waals surface area contributed by atoms with Crippen molar-refractivity contribution in [3.63, 3.8) is 0 Å². The fourth-order valence-corrected chi connectivity index (χ4v) is 3.60. The Labute approximate surface area is 182 Å². The molecule has 0 radical (unpaired) electrons. The number of methoxy groups -OCH3 is 1. The van der Waals surface area contributed by atoms with Crippen molar-refractivity contribution in [3.05, 3.63) is 71.5 Å². The number of carbonyl (C=O) groups is 2. The number of benzene rings is 2. The van der Waals surface area contributed by atoms with Gasteiger partial charge in [0.25, 0.3) is 5.91 Å². The maximum atomic E-state index is 14.4. The van der Waals surface area contributed by atoms with Crippen LogP contribution in [0.2, 0.25) is 0 Å². The normalized spacial score (nSPS) is 15.8. The van der Waals surface area contributed by atoms with Gasteiger partial charge >= 0.3 is 0 Å². The predicted octanol–water partition coefficient (Wildman–Crippen LogP) is 3.63. The van der Waals surface area contributed by atoms with Gasteiger partial charge in [-0.05, 0) is 11.6 Å². The molecule has 2 aromatic carbocycles. The highest BCUT2D eigenvalue weighted by Gasteiger charge is 2.35. The van der Waals surface area contributed by atoms with E-state index in [1.165, 1.54) is 16.0 Å². The van der Waals surface area contributed by atoms with Crippen molar-refractivity contribution in [1.82, 2.24) is 9.91 Å². The highest BCUT2D eigenvalue weighted by atomic mass is 19.1. The van der Waals surface area contributed by atoms with E-state index in [1.54, 1.807) is 39.2 Å². The number of hydrazone groups is 1. The van der Waals surface area contributed by atoms with Gasteiger partial charge in [-0.3, -0.25) is 9.59 Å². The number of nitrogens with zero attached hydrogens (tertiary/aromatic N) is 3. The molecule has 0 saturated carbocycles. The first-order valence-electron chi connectivity index (χ1n) is 10.4. The number of hydrogen-bond donors (Lipinski definition) is 0. The van der Waals surface area contributed by atoms with Crippen LogP contribution < -0.4 is 0 Å². The van der Waals surface area contributed by atoms with Gasteiger partial charge in [-0.2, -0.15) is 5.10 Å². The first kappa shape index (κ1) is 22.6. The second-order valence-corrected chi connectivity index (χ2v) is 7.80. The molecule has 0 N–H and O–H groups in total. The third kappa shape index (κ3) is 5.35. The smallest absolute Gasteiger partial charge is 0.262 e. The number of amides is 2. The molecule has 6 nitrogen and oxygen atoms in total. The topological polar surface area (TPSA) is 62.2 Å². The van der Waals surface area contributed by atoms with Crippen molar-refractivity contribution < 1.29 is 18.7 Å². The van der Waals surface area contributed by atoms with Gasteiger partial charge in [-0.1, -0.05) is 62.4 Å². The zero-order valence-electron chi connectivity index (χ0n) is 18.1. The van der Waals surface area contributed by atoms with E-state index in [9.17, 15) is 14.0 Å². The zero-order chi connectivity index (χ0) is 22.4. The van der Waals surface area contributed by atoms with E-state index in [-0.39, 0.29) is 36.1 Å². The van der Waals surface area contributed by atoms with Gasteiger partial charge in [0, 0.05) is 31.6 Å². The molecule has 1 atom stereocenters. The molecule has 0 bridgehead atoms. The third-order valence-electron chi connectivity index (χ3n) is 5.23. The van der Waals surface area contributed by atoms with Crippen LogP contribution in [-0.2, 0) is 14.3 Å². The molecule has 3 rings (SSSR count). The van der Waals surface area contributed by atoms with E-state index in [2.05, 4.69) is 5.10 Å². The standard InChI is InChI=1S/C24H28FN3O3/c1-17(2)24(30)27(13-14-31-3)16-23(29)28-22(18-9-5-4-6-10-18)15-21(26-28)19-11-7-8-12-20(19)25/h4-12,17,22H,13-16H2,1-3H3/t22-/m1/s1. The van der Waals surface area contributed by atoms with Crippen LogP contribution in [0, 0.1) is 11.7 Å². The van der Waals surface area contributed by atoms with Crippen LogP contribution in [-0.4, -0.2) is 54.2 Å². The number of rotatable bonds is 8. The average molecular weight is 426 g/mol. The third-order valence-corrected chi connectivity index (χ3v) is 5.23. The van der Waals surface area contributed by atoms with Gasteiger partial charge in [0.2, 0.25) is 5.91 Å². The second kappa shape index (κ2) is 10.3. The lowest BCUT2D eigenvalue weighted by Gasteiger charge is -2.28. The minimum absolute atomic E-state index is 0.113. The number of ether oxygens (including phenoxy) is 1. The van der Waals surface area contributed by atoms with Crippen LogP contribution in [0.5, 0.6) is 0 Å². The first-order chi connectivity index (χ1) is 14.9. The Kier molecular flexibility index (Phi) is 7.52. The van der Waals surface area contributed by atoms with Gasteiger partial charge in [0.15, 0.2) is 0 Å². The zero-order valence-corrected chi connectivity index (χ0v) is 18.1. The van der Waals surface area contributed by atoms with E-state index in [0.717, 1.165) is 5.56 Å². The summed E-state index contributed by atoms with van der Waals surface area (Å²) in [5, 5.41) is 5.90. The summed E-state index contributed by atoms with van der Waals surface area (Å²) in [4.78, 5) is 27.4. The maximum Gasteiger partial charge on any atom is 0.262 e. The van der Waals surface area contributed by atoms with Crippen LogP contribution in [0.4, 0.5) is 4.39 Å². The van der Waals surface area contributed by atoms with E-state index < -0.39 is 0 Å². The molecule has 0 aromatic heterocycles. The largest absolute Gasteiger partial charge is 0.383 e. The van der Waals surface area contributed by atoms with Crippen LogP contribution in [0.3, 0.4) is 0 Å². The summed E-state index contributed by atoms with van der Waals surface area (Å²) in [6.07, 6.45) is 0.396. The Morgan fingerprint density at radius 3 is 2.48 bits per heavy atom. The fraction of sp³-hybridized carbons (Fsp3) is 0.375. The van der Waals surface area contributed by atoms with E-state index >= 15 is 0 Å². The summed E-state index contributed by atoms with van der Waals surface area (Å²) in [6.45, 7) is 4.12. The monoisotopic (exact) mass is 425 g/mol. The molecule has 1 heterocycles. The van der Waals surface area contributed by atoms with E-state index in [4.69, 9.17) is 4.74 Å².